The van der Waals surface area contributed by atoms with E-state index in [2.05, 4.69) is 5.32 Å². The van der Waals surface area contributed by atoms with Crippen molar-refractivity contribution in [2.75, 3.05) is 9.62 Å². The Balaban J connectivity index is 2.05. The van der Waals surface area contributed by atoms with E-state index >= 15 is 0 Å². The summed E-state index contributed by atoms with van der Waals surface area (Å²) in [6, 6.07) is 16.2. The molecular formula is C20H17ClN4O6S. The van der Waals surface area contributed by atoms with Crippen molar-refractivity contribution in [3.05, 3.63) is 98.0 Å². The van der Waals surface area contributed by atoms with Crippen molar-refractivity contribution in [2.24, 2.45) is 0 Å². The molecule has 3 rings (SSSR count). The van der Waals surface area contributed by atoms with Gasteiger partial charge < -0.3 is 5.32 Å². The Labute approximate surface area is 188 Å². The van der Waals surface area contributed by atoms with Crippen molar-refractivity contribution in [1.29, 1.82) is 0 Å². The standard InChI is InChI=1S/C20H17ClN4O6S/c1-14(22-16-3-2-4-19(13-16)25(28)29)23(17-7-9-18(10-8-17)24(26)27)32(30,31)20-11-5-15(21)6-12-20/h2-14,22H,1H3. The molecule has 0 bridgehead atoms. The van der Waals surface area contributed by atoms with Crippen LogP contribution >= 0.6 is 11.6 Å². The van der Waals surface area contributed by atoms with Crippen molar-refractivity contribution in [2.45, 2.75) is 18.0 Å². The molecule has 0 aliphatic carbocycles. The summed E-state index contributed by atoms with van der Waals surface area (Å²) in [7, 11) is -4.14. The fourth-order valence-corrected chi connectivity index (χ4v) is 4.72. The molecule has 0 spiro atoms. The molecule has 0 radical (unpaired) electrons. The van der Waals surface area contributed by atoms with E-state index in [1.165, 1.54) is 66.7 Å². The Morgan fingerprint density at radius 1 is 0.906 bits per heavy atom. The van der Waals surface area contributed by atoms with Gasteiger partial charge in [-0.25, -0.2) is 12.7 Å². The quantitative estimate of drug-likeness (QED) is 0.280. The smallest absolute Gasteiger partial charge is 0.271 e. The van der Waals surface area contributed by atoms with E-state index in [9.17, 15) is 28.6 Å². The molecule has 1 atom stereocenters. The summed E-state index contributed by atoms with van der Waals surface area (Å²) in [6.07, 6.45) is -0.917. The fraction of sp³-hybridized carbons (Fsp3) is 0.100. The molecule has 0 amide bonds. The molecule has 0 aliphatic rings. The zero-order valence-corrected chi connectivity index (χ0v) is 18.2. The largest absolute Gasteiger partial charge is 0.364 e. The third-order valence-electron chi connectivity index (χ3n) is 4.47. The van der Waals surface area contributed by atoms with Crippen molar-refractivity contribution < 1.29 is 18.3 Å². The lowest BCUT2D eigenvalue weighted by Crippen LogP contribution is -2.43. The van der Waals surface area contributed by atoms with Gasteiger partial charge in [-0.1, -0.05) is 17.7 Å². The molecular weight excluding hydrogens is 460 g/mol. The van der Waals surface area contributed by atoms with Gasteiger partial charge in [-0.05, 0) is 49.4 Å². The maximum absolute atomic E-state index is 13.5. The highest BCUT2D eigenvalue weighted by atomic mass is 35.5. The van der Waals surface area contributed by atoms with Crippen LogP contribution in [0.15, 0.2) is 77.7 Å². The van der Waals surface area contributed by atoms with E-state index in [0.29, 0.717) is 10.7 Å². The number of nitrogens with one attached hydrogen (secondary N) is 1. The predicted octanol–water partition coefficient (Wildman–Crippen LogP) is 4.81. The summed E-state index contributed by atoms with van der Waals surface area (Å²) in [4.78, 5) is 20.8. The third-order valence-corrected chi connectivity index (χ3v) is 6.63. The number of halogens is 1. The molecule has 0 saturated heterocycles. The number of anilines is 2. The Kier molecular flexibility index (Phi) is 6.61. The fourth-order valence-electron chi connectivity index (χ4n) is 3.02. The van der Waals surface area contributed by atoms with Crippen LogP contribution in [0.25, 0.3) is 0 Å². The Morgan fingerprint density at radius 2 is 1.50 bits per heavy atom. The molecule has 0 heterocycles. The number of non-ortho nitro benzene ring substituents is 2. The number of hydrogen-bond donors (Lipinski definition) is 1. The summed E-state index contributed by atoms with van der Waals surface area (Å²) in [5, 5.41) is 25.3. The van der Waals surface area contributed by atoms with E-state index in [1.54, 1.807) is 13.0 Å². The number of nitrogens with zero attached hydrogens (tertiary/aromatic N) is 3. The first-order chi connectivity index (χ1) is 15.1. The van der Waals surface area contributed by atoms with Gasteiger partial charge >= 0.3 is 0 Å². The van der Waals surface area contributed by atoms with Gasteiger partial charge in [0.05, 0.1) is 20.4 Å². The van der Waals surface area contributed by atoms with Crippen LogP contribution in [0.4, 0.5) is 22.7 Å². The van der Waals surface area contributed by atoms with Crippen molar-refractivity contribution >= 4 is 44.4 Å². The van der Waals surface area contributed by atoms with Crippen LogP contribution in [-0.2, 0) is 10.0 Å². The minimum atomic E-state index is -4.14. The summed E-state index contributed by atoms with van der Waals surface area (Å²) in [6.45, 7) is 1.55. The lowest BCUT2D eigenvalue weighted by Gasteiger charge is -2.31. The normalized spacial score (nSPS) is 12.1. The van der Waals surface area contributed by atoms with Gasteiger partial charge in [0, 0.05) is 35.0 Å². The molecule has 166 valence electrons. The maximum atomic E-state index is 13.5. The average molecular weight is 477 g/mol. The lowest BCUT2D eigenvalue weighted by molar-refractivity contribution is -0.385. The van der Waals surface area contributed by atoms with Crippen LogP contribution in [0, 0.1) is 20.2 Å². The first-order valence-electron chi connectivity index (χ1n) is 9.15. The van der Waals surface area contributed by atoms with Crippen LogP contribution in [0.3, 0.4) is 0 Å². The number of hydrogen-bond acceptors (Lipinski definition) is 7. The van der Waals surface area contributed by atoms with E-state index in [-0.39, 0.29) is 22.0 Å². The predicted molar refractivity (Wildman–Crippen MR) is 120 cm³/mol. The third kappa shape index (κ3) is 4.95. The summed E-state index contributed by atoms with van der Waals surface area (Å²) >= 11 is 5.88. The Hall–Kier alpha value is -3.70. The number of rotatable bonds is 8. The van der Waals surface area contributed by atoms with Gasteiger partial charge in [0.15, 0.2) is 0 Å². The van der Waals surface area contributed by atoms with Crippen molar-refractivity contribution in [1.82, 2.24) is 0 Å². The zero-order chi connectivity index (χ0) is 23.5. The molecule has 10 nitrogen and oxygen atoms in total. The Bertz CT molecular complexity index is 1250. The van der Waals surface area contributed by atoms with Crippen LogP contribution in [0.1, 0.15) is 6.92 Å². The van der Waals surface area contributed by atoms with Crippen LogP contribution in [0.5, 0.6) is 0 Å². The van der Waals surface area contributed by atoms with Crippen molar-refractivity contribution in [3.8, 4) is 0 Å². The van der Waals surface area contributed by atoms with Crippen LogP contribution in [-0.4, -0.2) is 24.4 Å². The Morgan fingerprint density at radius 3 is 2.06 bits per heavy atom. The molecule has 0 aliphatic heterocycles. The van der Waals surface area contributed by atoms with Gasteiger partial charge in [-0.2, -0.15) is 0 Å². The number of nitro groups is 2. The maximum Gasteiger partial charge on any atom is 0.271 e. The highest BCUT2D eigenvalue weighted by Gasteiger charge is 2.30. The first-order valence-corrected chi connectivity index (χ1v) is 11.0. The minimum Gasteiger partial charge on any atom is -0.364 e. The van der Waals surface area contributed by atoms with E-state index in [1.807, 2.05) is 0 Å². The average Bonchev–Trinajstić information content (AvgIpc) is 2.74. The summed E-state index contributed by atoms with van der Waals surface area (Å²) < 4.78 is 28.0. The molecule has 1 unspecified atom stereocenters. The van der Waals surface area contributed by atoms with Gasteiger partial charge in [0.25, 0.3) is 21.4 Å². The molecule has 3 aromatic rings. The molecule has 3 aromatic carbocycles. The number of benzene rings is 3. The van der Waals surface area contributed by atoms with Gasteiger partial charge in [-0.3, -0.25) is 20.2 Å². The van der Waals surface area contributed by atoms with E-state index < -0.39 is 26.0 Å². The topological polar surface area (TPSA) is 136 Å². The molecule has 12 heteroatoms. The monoisotopic (exact) mass is 476 g/mol. The minimum absolute atomic E-state index is 0.0482. The molecule has 32 heavy (non-hydrogen) atoms. The van der Waals surface area contributed by atoms with Crippen molar-refractivity contribution in [3.63, 3.8) is 0 Å². The van der Waals surface area contributed by atoms with E-state index in [4.69, 9.17) is 11.6 Å². The highest BCUT2D eigenvalue weighted by Crippen LogP contribution is 2.29. The summed E-state index contributed by atoms with van der Waals surface area (Å²) in [5.41, 5.74) is 0.127. The first kappa shape index (κ1) is 23.0. The number of nitro benzene ring substituents is 2. The second kappa shape index (κ2) is 9.20. The number of sulfonamides is 1. The molecule has 1 N–H and O–H groups in total. The van der Waals surface area contributed by atoms with Crippen LogP contribution < -0.4 is 9.62 Å². The zero-order valence-electron chi connectivity index (χ0n) is 16.6. The second-order valence-corrected chi connectivity index (χ2v) is 8.91. The lowest BCUT2D eigenvalue weighted by atomic mass is 10.2. The molecule has 0 aromatic heterocycles. The van der Waals surface area contributed by atoms with Gasteiger partial charge in [0.1, 0.15) is 6.17 Å². The van der Waals surface area contributed by atoms with Gasteiger partial charge in [0.2, 0.25) is 0 Å². The molecule has 0 saturated carbocycles. The highest BCUT2D eigenvalue weighted by molar-refractivity contribution is 7.92. The van der Waals surface area contributed by atoms with E-state index in [0.717, 1.165) is 4.31 Å². The summed E-state index contributed by atoms with van der Waals surface area (Å²) in [5.74, 6) is 0. The van der Waals surface area contributed by atoms with Crippen LogP contribution in [0.2, 0.25) is 5.02 Å². The second-order valence-electron chi connectivity index (χ2n) is 6.66. The molecule has 0 fully saturated rings. The SMILES string of the molecule is CC(Nc1cccc([N+](=O)[O-])c1)N(c1ccc([N+](=O)[O-])cc1)S(=O)(=O)c1ccc(Cl)cc1. The van der Waals surface area contributed by atoms with Gasteiger partial charge in [-0.15, -0.1) is 0 Å².